The van der Waals surface area contributed by atoms with Crippen molar-refractivity contribution in [3.8, 4) is 0 Å². The van der Waals surface area contributed by atoms with Crippen molar-refractivity contribution in [1.82, 2.24) is 0 Å². The van der Waals surface area contributed by atoms with Crippen LogP contribution in [0.2, 0.25) is 0 Å². The van der Waals surface area contributed by atoms with Crippen LogP contribution in [0.5, 0.6) is 0 Å². The van der Waals surface area contributed by atoms with Gasteiger partial charge >= 0.3 is 0 Å². The van der Waals surface area contributed by atoms with Crippen molar-refractivity contribution < 1.29 is 9.47 Å². The molecule has 2 nitrogen and oxygen atoms in total. The highest BCUT2D eigenvalue weighted by atomic mass is 16.5. The highest BCUT2D eigenvalue weighted by Crippen LogP contribution is 2.11. The number of hydrogen-bond donors (Lipinski definition) is 0. The largest absolute Gasteiger partial charge is 0.379 e. The Labute approximate surface area is 56.2 Å². The van der Waals surface area contributed by atoms with Crippen molar-refractivity contribution in [1.29, 1.82) is 0 Å². The van der Waals surface area contributed by atoms with Crippen LogP contribution in [0, 0.1) is 0 Å². The summed E-state index contributed by atoms with van der Waals surface area (Å²) < 4.78 is 10.5. The molecule has 1 aliphatic heterocycles. The molecule has 0 aliphatic carbocycles. The van der Waals surface area contributed by atoms with Crippen LogP contribution in [0.1, 0.15) is 19.8 Å². The molecule has 0 spiro atoms. The van der Waals surface area contributed by atoms with Gasteiger partial charge in [-0.1, -0.05) is 0 Å². The smallest absolute Gasteiger partial charge is 0.0809 e. The molecule has 0 radical (unpaired) electrons. The molecule has 2 heteroatoms. The van der Waals surface area contributed by atoms with E-state index < -0.39 is 0 Å². The molecule has 0 saturated carbocycles. The molecule has 0 unspecified atom stereocenters. The van der Waals surface area contributed by atoms with E-state index in [9.17, 15) is 0 Å². The summed E-state index contributed by atoms with van der Waals surface area (Å²) in [6.45, 7) is 4.53. The fourth-order valence-electron chi connectivity index (χ4n) is 1.03. The zero-order valence-corrected chi connectivity index (χ0v) is 5.93. The molecule has 1 fully saturated rings. The van der Waals surface area contributed by atoms with Crippen molar-refractivity contribution in [2.75, 3.05) is 19.8 Å². The Balaban J connectivity index is 1.98. The molecule has 0 amide bonds. The molecule has 1 rings (SSSR count). The lowest BCUT2D eigenvalue weighted by atomic mass is 10.2. The number of ether oxygens (including phenoxy) is 2. The van der Waals surface area contributed by atoms with Crippen molar-refractivity contribution >= 4 is 0 Å². The Morgan fingerprint density at radius 2 is 2.56 bits per heavy atom. The van der Waals surface area contributed by atoms with E-state index in [-0.39, 0.29) is 0 Å². The minimum absolute atomic E-state index is 0.393. The van der Waals surface area contributed by atoms with Gasteiger partial charge < -0.3 is 9.47 Å². The standard InChI is InChI=1S/C7H14O2/c1-2-8-6-7-4-3-5-9-7/h7H,2-6H2,1H3/t7-/m0/s1. The highest BCUT2D eigenvalue weighted by molar-refractivity contribution is 4.62. The lowest BCUT2D eigenvalue weighted by molar-refractivity contribution is 0.0217. The summed E-state index contributed by atoms with van der Waals surface area (Å²) in [7, 11) is 0. The Morgan fingerprint density at radius 3 is 3.11 bits per heavy atom. The van der Waals surface area contributed by atoms with E-state index in [1.165, 1.54) is 12.8 Å². The molecule has 0 aromatic carbocycles. The van der Waals surface area contributed by atoms with Gasteiger partial charge in [-0.25, -0.2) is 0 Å². The molecule has 0 bridgehead atoms. The van der Waals surface area contributed by atoms with E-state index in [0.717, 1.165) is 19.8 Å². The lowest BCUT2D eigenvalue weighted by Gasteiger charge is -2.07. The van der Waals surface area contributed by atoms with Crippen LogP contribution in [-0.4, -0.2) is 25.9 Å². The monoisotopic (exact) mass is 130 g/mol. The summed E-state index contributed by atoms with van der Waals surface area (Å²) in [5.74, 6) is 0. The van der Waals surface area contributed by atoms with Crippen LogP contribution in [0.3, 0.4) is 0 Å². The topological polar surface area (TPSA) is 18.5 Å². The van der Waals surface area contributed by atoms with Crippen molar-refractivity contribution in [3.05, 3.63) is 0 Å². The van der Waals surface area contributed by atoms with Crippen molar-refractivity contribution in [2.24, 2.45) is 0 Å². The molecule has 1 saturated heterocycles. The van der Waals surface area contributed by atoms with E-state index >= 15 is 0 Å². The van der Waals surface area contributed by atoms with E-state index in [4.69, 9.17) is 9.47 Å². The first-order chi connectivity index (χ1) is 4.43. The minimum atomic E-state index is 0.393. The predicted molar refractivity (Wildman–Crippen MR) is 35.5 cm³/mol. The molecule has 0 aromatic rings. The molecule has 54 valence electrons. The van der Waals surface area contributed by atoms with Gasteiger partial charge in [0.05, 0.1) is 12.7 Å². The first kappa shape index (κ1) is 7.03. The summed E-state index contributed by atoms with van der Waals surface area (Å²) >= 11 is 0. The zero-order valence-electron chi connectivity index (χ0n) is 5.93. The van der Waals surface area contributed by atoms with Gasteiger partial charge in [0.25, 0.3) is 0 Å². The molecular formula is C7H14O2. The van der Waals surface area contributed by atoms with Crippen LogP contribution in [-0.2, 0) is 9.47 Å². The predicted octanol–water partition coefficient (Wildman–Crippen LogP) is 1.20. The van der Waals surface area contributed by atoms with Crippen molar-refractivity contribution in [3.63, 3.8) is 0 Å². The Hall–Kier alpha value is -0.0800. The third kappa shape index (κ3) is 2.33. The summed E-state index contributed by atoms with van der Waals surface area (Å²) in [5, 5.41) is 0. The first-order valence-corrected chi connectivity index (χ1v) is 3.63. The van der Waals surface area contributed by atoms with Crippen molar-refractivity contribution in [2.45, 2.75) is 25.9 Å². The molecule has 1 heterocycles. The number of hydrogen-bond acceptors (Lipinski definition) is 2. The maximum atomic E-state index is 5.33. The zero-order chi connectivity index (χ0) is 6.53. The fourth-order valence-corrected chi connectivity index (χ4v) is 1.03. The van der Waals surface area contributed by atoms with Gasteiger partial charge in [0.15, 0.2) is 0 Å². The molecule has 1 atom stereocenters. The maximum Gasteiger partial charge on any atom is 0.0809 e. The van der Waals surface area contributed by atoms with Gasteiger partial charge in [-0.15, -0.1) is 0 Å². The van der Waals surface area contributed by atoms with Crippen LogP contribution in [0.4, 0.5) is 0 Å². The van der Waals surface area contributed by atoms with Crippen LogP contribution < -0.4 is 0 Å². The average Bonchev–Trinajstić information content (AvgIpc) is 2.34. The highest BCUT2D eigenvalue weighted by Gasteiger charge is 2.14. The van der Waals surface area contributed by atoms with Gasteiger partial charge in [-0.3, -0.25) is 0 Å². The second-order valence-corrected chi connectivity index (χ2v) is 2.29. The Bertz CT molecular complexity index is 67.3. The van der Waals surface area contributed by atoms with Gasteiger partial charge in [0.2, 0.25) is 0 Å². The third-order valence-corrected chi connectivity index (χ3v) is 1.53. The van der Waals surface area contributed by atoms with E-state index in [2.05, 4.69) is 0 Å². The summed E-state index contributed by atoms with van der Waals surface area (Å²) in [6, 6.07) is 0. The number of rotatable bonds is 3. The summed E-state index contributed by atoms with van der Waals surface area (Å²) in [5.41, 5.74) is 0. The second kappa shape index (κ2) is 3.85. The molecule has 0 aromatic heterocycles. The Morgan fingerprint density at radius 1 is 1.67 bits per heavy atom. The molecular weight excluding hydrogens is 116 g/mol. The third-order valence-electron chi connectivity index (χ3n) is 1.53. The van der Waals surface area contributed by atoms with Crippen LogP contribution in [0.15, 0.2) is 0 Å². The molecule has 9 heavy (non-hydrogen) atoms. The van der Waals surface area contributed by atoms with Gasteiger partial charge in [-0.2, -0.15) is 0 Å². The van der Waals surface area contributed by atoms with E-state index in [1.54, 1.807) is 0 Å². The first-order valence-electron chi connectivity index (χ1n) is 3.63. The quantitative estimate of drug-likeness (QED) is 0.571. The average molecular weight is 130 g/mol. The summed E-state index contributed by atoms with van der Waals surface area (Å²) in [6.07, 6.45) is 2.78. The van der Waals surface area contributed by atoms with Gasteiger partial charge in [-0.05, 0) is 19.8 Å². The van der Waals surface area contributed by atoms with E-state index in [0.29, 0.717) is 6.10 Å². The molecule has 1 aliphatic rings. The minimum Gasteiger partial charge on any atom is -0.379 e. The Kier molecular flexibility index (Phi) is 3.01. The maximum absolute atomic E-state index is 5.33. The van der Waals surface area contributed by atoms with Gasteiger partial charge in [0.1, 0.15) is 0 Å². The normalized spacial score (nSPS) is 27.0. The van der Waals surface area contributed by atoms with Crippen LogP contribution >= 0.6 is 0 Å². The second-order valence-electron chi connectivity index (χ2n) is 2.29. The lowest BCUT2D eigenvalue weighted by Crippen LogP contribution is -2.13. The SMILES string of the molecule is CCOC[C@@H]1CCCO1. The fraction of sp³-hybridized carbons (Fsp3) is 1.00. The van der Waals surface area contributed by atoms with E-state index in [1.807, 2.05) is 6.92 Å². The molecule has 0 N–H and O–H groups in total. The summed E-state index contributed by atoms with van der Waals surface area (Å²) in [4.78, 5) is 0. The van der Waals surface area contributed by atoms with Crippen LogP contribution in [0.25, 0.3) is 0 Å². The van der Waals surface area contributed by atoms with Gasteiger partial charge in [0, 0.05) is 13.2 Å².